The number of benzene rings is 1. The predicted molar refractivity (Wildman–Crippen MR) is 90.4 cm³/mol. The van der Waals surface area contributed by atoms with E-state index >= 15 is 0 Å². The first kappa shape index (κ1) is 18.4. The third-order valence-electron chi connectivity index (χ3n) is 4.15. The van der Waals surface area contributed by atoms with Crippen molar-refractivity contribution < 1.29 is 14.6 Å². The quantitative estimate of drug-likeness (QED) is 0.793. The average Bonchev–Trinajstić information content (AvgIpc) is 2.61. The van der Waals surface area contributed by atoms with E-state index in [1.807, 2.05) is 24.0 Å². The van der Waals surface area contributed by atoms with Crippen molar-refractivity contribution in [1.29, 1.82) is 5.26 Å². The van der Waals surface area contributed by atoms with Crippen molar-refractivity contribution in [2.45, 2.75) is 19.4 Å². The van der Waals surface area contributed by atoms with E-state index in [9.17, 15) is 9.90 Å². The summed E-state index contributed by atoms with van der Waals surface area (Å²) in [5.41, 5.74) is 1.53. The Morgan fingerprint density at radius 1 is 1.29 bits per heavy atom. The Labute approximate surface area is 143 Å². The molecule has 1 saturated heterocycles. The average molecular weight is 331 g/mol. The lowest BCUT2D eigenvalue weighted by Gasteiger charge is -2.35. The van der Waals surface area contributed by atoms with Crippen molar-refractivity contribution in [2.75, 3.05) is 45.9 Å². The lowest BCUT2D eigenvalue weighted by atomic mass is 10.1. The number of amides is 1. The summed E-state index contributed by atoms with van der Waals surface area (Å²) in [6.45, 7) is 6.34. The maximum absolute atomic E-state index is 12.4. The first-order valence-electron chi connectivity index (χ1n) is 8.37. The minimum atomic E-state index is -0.481. The molecule has 1 atom stereocenters. The summed E-state index contributed by atoms with van der Waals surface area (Å²) in [5.74, 6) is 0.106. The molecule has 1 aliphatic rings. The Morgan fingerprint density at radius 2 is 1.96 bits per heavy atom. The molecule has 6 nitrogen and oxygen atoms in total. The van der Waals surface area contributed by atoms with Crippen LogP contribution in [0.25, 0.3) is 0 Å². The smallest absolute Gasteiger partial charge is 0.227 e. The van der Waals surface area contributed by atoms with Gasteiger partial charge in [-0.1, -0.05) is 12.1 Å². The highest BCUT2D eigenvalue weighted by Crippen LogP contribution is 2.09. The SMILES string of the molecule is CCOCC(O)CN1CCN(C(=O)Cc2ccc(C#N)cc2)CC1. The molecule has 0 spiro atoms. The Morgan fingerprint density at radius 3 is 2.54 bits per heavy atom. The molecular weight excluding hydrogens is 306 g/mol. The number of carbonyl (C=O) groups excluding carboxylic acids is 1. The minimum Gasteiger partial charge on any atom is -0.389 e. The molecule has 0 radical (unpaired) electrons. The number of nitriles is 1. The standard InChI is InChI=1S/C18H25N3O3/c1-2-24-14-17(22)13-20-7-9-21(10-8-20)18(23)11-15-3-5-16(12-19)6-4-15/h3-6,17,22H,2,7-11,13-14H2,1H3. The van der Waals surface area contributed by atoms with Gasteiger partial charge in [0.2, 0.25) is 5.91 Å². The summed E-state index contributed by atoms with van der Waals surface area (Å²) in [4.78, 5) is 16.4. The number of β-amino-alcohol motifs (C(OH)–C–C–N with tert-alkyl or cyclic N) is 1. The number of aliphatic hydroxyl groups excluding tert-OH is 1. The van der Waals surface area contributed by atoms with Gasteiger partial charge >= 0.3 is 0 Å². The van der Waals surface area contributed by atoms with Crippen molar-refractivity contribution >= 4 is 5.91 Å². The van der Waals surface area contributed by atoms with Crippen molar-refractivity contribution in [2.24, 2.45) is 0 Å². The van der Waals surface area contributed by atoms with Gasteiger partial charge in [-0.15, -0.1) is 0 Å². The summed E-state index contributed by atoms with van der Waals surface area (Å²) >= 11 is 0. The second-order valence-electron chi connectivity index (χ2n) is 5.98. The van der Waals surface area contributed by atoms with Crippen LogP contribution in [0.15, 0.2) is 24.3 Å². The highest BCUT2D eigenvalue weighted by Gasteiger charge is 2.22. The molecule has 24 heavy (non-hydrogen) atoms. The number of piperazine rings is 1. The molecule has 2 rings (SSSR count). The van der Waals surface area contributed by atoms with Crippen molar-refractivity contribution in [3.8, 4) is 6.07 Å². The van der Waals surface area contributed by atoms with Crippen LogP contribution in [-0.4, -0.2) is 72.9 Å². The molecular formula is C18H25N3O3. The molecule has 130 valence electrons. The molecule has 0 bridgehead atoms. The van der Waals surface area contributed by atoms with Crippen LogP contribution >= 0.6 is 0 Å². The minimum absolute atomic E-state index is 0.106. The van der Waals surface area contributed by atoms with E-state index in [1.165, 1.54) is 0 Å². The summed E-state index contributed by atoms with van der Waals surface area (Å²) in [6.07, 6.45) is -0.121. The van der Waals surface area contributed by atoms with Crippen LogP contribution in [0.1, 0.15) is 18.1 Å². The van der Waals surface area contributed by atoms with Gasteiger partial charge in [0.25, 0.3) is 0 Å². The van der Waals surface area contributed by atoms with Gasteiger partial charge in [0, 0.05) is 39.3 Å². The van der Waals surface area contributed by atoms with Crippen molar-refractivity contribution in [3.63, 3.8) is 0 Å². The summed E-state index contributed by atoms with van der Waals surface area (Å²) in [6, 6.07) is 9.21. The maximum Gasteiger partial charge on any atom is 0.227 e. The zero-order valence-corrected chi connectivity index (χ0v) is 14.1. The van der Waals surface area contributed by atoms with E-state index in [-0.39, 0.29) is 5.91 Å². The van der Waals surface area contributed by atoms with Gasteiger partial charge in [0.15, 0.2) is 0 Å². The van der Waals surface area contributed by atoms with Crippen LogP contribution in [0.5, 0.6) is 0 Å². The van der Waals surface area contributed by atoms with Crippen LogP contribution < -0.4 is 0 Å². The molecule has 0 saturated carbocycles. The second kappa shape index (κ2) is 9.38. The van der Waals surface area contributed by atoms with Gasteiger partial charge < -0.3 is 14.7 Å². The molecule has 1 unspecified atom stereocenters. The van der Waals surface area contributed by atoms with Gasteiger partial charge in [-0.05, 0) is 24.6 Å². The first-order valence-corrected chi connectivity index (χ1v) is 8.37. The molecule has 1 aromatic rings. The Hall–Kier alpha value is -1.94. The highest BCUT2D eigenvalue weighted by atomic mass is 16.5. The van der Waals surface area contributed by atoms with E-state index in [4.69, 9.17) is 10.00 Å². The van der Waals surface area contributed by atoms with Gasteiger partial charge in [0.1, 0.15) is 0 Å². The maximum atomic E-state index is 12.4. The largest absolute Gasteiger partial charge is 0.389 e. The number of rotatable bonds is 7. The number of hydrogen-bond acceptors (Lipinski definition) is 5. The molecule has 0 aromatic heterocycles. The lowest BCUT2D eigenvalue weighted by molar-refractivity contribution is -0.132. The van der Waals surface area contributed by atoms with E-state index in [1.54, 1.807) is 12.1 Å². The molecule has 1 heterocycles. The Bertz CT molecular complexity index is 560. The summed E-state index contributed by atoms with van der Waals surface area (Å²) in [7, 11) is 0. The molecule has 1 N–H and O–H groups in total. The van der Waals surface area contributed by atoms with Gasteiger partial charge in [0.05, 0.1) is 30.8 Å². The van der Waals surface area contributed by atoms with Gasteiger partial charge in [-0.2, -0.15) is 5.26 Å². The van der Waals surface area contributed by atoms with Crippen molar-refractivity contribution in [3.05, 3.63) is 35.4 Å². The van der Waals surface area contributed by atoms with E-state index in [0.717, 1.165) is 18.7 Å². The fourth-order valence-corrected chi connectivity index (χ4v) is 2.77. The first-order chi connectivity index (χ1) is 11.6. The second-order valence-corrected chi connectivity index (χ2v) is 5.98. The molecule has 1 fully saturated rings. The van der Waals surface area contributed by atoms with E-state index < -0.39 is 6.10 Å². The molecule has 0 aliphatic carbocycles. The highest BCUT2D eigenvalue weighted by molar-refractivity contribution is 5.78. The number of nitrogens with zero attached hydrogens (tertiary/aromatic N) is 3. The van der Waals surface area contributed by atoms with E-state index in [0.29, 0.717) is 44.8 Å². The molecule has 1 amide bonds. The zero-order chi connectivity index (χ0) is 17.4. The molecule has 1 aromatic carbocycles. The monoisotopic (exact) mass is 331 g/mol. The predicted octanol–water partition coefficient (Wildman–Crippen LogP) is 0.642. The third kappa shape index (κ3) is 5.60. The third-order valence-corrected chi connectivity index (χ3v) is 4.15. The summed E-state index contributed by atoms with van der Waals surface area (Å²) in [5, 5.41) is 18.7. The fourth-order valence-electron chi connectivity index (χ4n) is 2.77. The van der Waals surface area contributed by atoms with Crippen LogP contribution in [0.3, 0.4) is 0 Å². The van der Waals surface area contributed by atoms with E-state index in [2.05, 4.69) is 11.0 Å². The number of aliphatic hydroxyl groups is 1. The lowest BCUT2D eigenvalue weighted by Crippen LogP contribution is -2.51. The topological polar surface area (TPSA) is 76.8 Å². The van der Waals surface area contributed by atoms with Gasteiger partial charge in [-0.25, -0.2) is 0 Å². The zero-order valence-electron chi connectivity index (χ0n) is 14.1. The van der Waals surface area contributed by atoms with Crippen molar-refractivity contribution in [1.82, 2.24) is 9.80 Å². The Balaban J connectivity index is 1.75. The molecule has 6 heteroatoms. The van der Waals surface area contributed by atoms with Crippen LogP contribution in [0, 0.1) is 11.3 Å². The van der Waals surface area contributed by atoms with Crippen LogP contribution in [-0.2, 0) is 16.0 Å². The van der Waals surface area contributed by atoms with Crippen LogP contribution in [0.2, 0.25) is 0 Å². The number of carbonyl (C=O) groups is 1. The summed E-state index contributed by atoms with van der Waals surface area (Å²) < 4.78 is 5.22. The normalized spacial score (nSPS) is 16.6. The molecule has 1 aliphatic heterocycles. The fraction of sp³-hybridized carbons (Fsp3) is 0.556. The number of ether oxygens (including phenoxy) is 1. The van der Waals surface area contributed by atoms with Crippen LogP contribution in [0.4, 0.5) is 0 Å². The Kier molecular flexibility index (Phi) is 7.19. The van der Waals surface area contributed by atoms with Gasteiger partial charge in [-0.3, -0.25) is 9.69 Å². The number of hydrogen-bond donors (Lipinski definition) is 1.